The zero-order valence-corrected chi connectivity index (χ0v) is 11.9. The summed E-state index contributed by atoms with van der Waals surface area (Å²) in [7, 11) is 1.95. The van der Waals surface area contributed by atoms with Crippen molar-refractivity contribution in [2.45, 2.75) is 32.1 Å². The van der Waals surface area contributed by atoms with Crippen LogP contribution in [0.5, 0.6) is 5.75 Å². The van der Waals surface area contributed by atoms with Gasteiger partial charge in [-0.15, -0.1) is 0 Å². The minimum absolute atomic E-state index is 0.0238. The van der Waals surface area contributed by atoms with E-state index in [1.54, 1.807) is 0 Å². The summed E-state index contributed by atoms with van der Waals surface area (Å²) in [6.45, 7) is 5.83. The first-order chi connectivity index (χ1) is 9.22. The summed E-state index contributed by atoms with van der Waals surface area (Å²) in [5.74, 6) is 0.945. The Balaban J connectivity index is 1.92. The average molecular weight is 265 g/mol. The molecule has 0 spiro atoms. The average Bonchev–Trinajstić information content (AvgIpc) is 2.42. The highest BCUT2D eigenvalue weighted by Gasteiger charge is 2.30. The van der Waals surface area contributed by atoms with Crippen molar-refractivity contribution in [2.24, 2.45) is 0 Å². The Kier molecular flexibility index (Phi) is 5.19. The molecule has 0 fully saturated rings. The third kappa shape index (κ3) is 3.69. The third-order valence-corrected chi connectivity index (χ3v) is 3.21. The minimum atomic E-state index is 0.0238. The molecule has 2 atom stereocenters. The van der Waals surface area contributed by atoms with Crippen LogP contribution in [0.25, 0.3) is 0 Å². The van der Waals surface area contributed by atoms with Gasteiger partial charge in [0.05, 0.1) is 25.4 Å². The SMILES string of the molecule is CNC1c2ccccc2OCC1OCCOC(C)C. The maximum atomic E-state index is 5.88. The van der Waals surface area contributed by atoms with Gasteiger partial charge in [-0.2, -0.15) is 0 Å². The Morgan fingerprint density at radius 1 is 1.32 bits per heavy atom. The van der Waals surface area contributed by atoms with Gasteiger partial charge < -0.3 is 19.5 Å². The highest BCUT2D eigenvalue weighted by molar-refractivity contribution is 5.38. The molecule has 0 radical (unpaired) electrons. The second-order valence-electron chi connectivity index (χ2n) is 4.94. The van der Waals surface area contributed by atoms with E-state index in [-0.39, 0.29) is 18.2 Å². The number of hydrogen-bond donors (Lipinski definition) is 1. The van der Waals surface area contributed by atoms with Crippen molar-refractivity contribution in [3.8, 4) is 5.75 Å². The van der Waals surface area contributed by atoms with E-state index in [4.69, 9.17) is 14.2 Å². The van der Waals surface area contributed by atoms with Gasteiger partial charge in [0.25, 0.3) is 0 Å². The second-order valence-corrected chi connectivity index (χ2v) is 4.94. The normalized spacial score (nSPS) is 22.1. The molecule has 19 heavy (non-hydrogen) atoms. The summed E-state index contributed by atoms with van der Waals surface area (Å²) in [5, 5.41) is 3.31. The van der Waals surface area contributed by atoms with Gasteiger partial charge in [-0.3, -0.25) is 0 Å². The quantitative estimate of drug-likeness (QED) is 0.800. The number of nitrogens with one attached hydrogen (secondary N) is 1. The van der Waals surface area contributed by atoms with Crippen molar-refractivity contribution in [1.29, 1.82) is 0 Å². The maximum Gasteiger partial charge on any atom is 0.124 e. The summed E-state index contributed by atoms with van der Waals surface area (Å²) in [5.41, 5.74) is 1.16. The van der Waals surface area contributed by atoms with Crippen molar-refractivity contribution < 1.29 is 14.2 Å². The summed E-state index contributed by atoms with van der Waals surface area (Å²) >= 11 is 0. The number of fused-ring (bicyclic) bond motifs is 1. The highest BCUT2D eigenvalue weighted by atomic mass is 16.6. The standard InChI is InChI=1S/C15H23NO3/c1-11(2)17-8-9-18-14-10-19-13-7-5-4-6-12(13)15(14)16-3/h4-7,11,14-16H,8-10H2,1-3H3. The molecule has 0 saturated carbocycles. The molecule has 1 aromatic rings. The van der Waals surface area contributed by atoms with Gasteiger partial charge in [0, 0.05) is 5.56 Å². The van der Waals surface area contributed by atoms with Crippen LogP contribution in [-0.2, 0) is 9.47 Å². The van der Waals surface area contributed by atoms with E-state index < -0.39 is 0 Å². The van der Waals surface area contributed by atoms with Crippen LogP contribution in [0.4, 0.5) is 0 Å². The van der Waals surface area contributed by atoms with Crippen LogP contribution in [0.2, 0.25) is 0 Å². The summed E-state index contributed by atoms with van der Waals surface area (Å²) in [6.07, 6.45) is 0.266. The number of likely N-dealkylation sites (N-methyl/N-ethyl adjacent to an activating group) is 1. The predicted molar refractivity (Wildman–Crippen MR) is 74.6 cm³/mol. The Bertz CT molecular complexity index is 395. The highest BCUT2D eigenvalue weighted by Crippen LogP contribution is 2.32. The molecule has 106 valence electrons. The molecule has 1 N–H and O–H groups in total. The fraction of sp³-hybridized carbons (Fsp3) is 0.600. The molecule has 0 aliphatic carbocycles. The Morgan fingerprint density at radius 3 is 2.84 bits per heavy atom. The van der Waals surface area contributed by atoms with Gasteiger partial charge in [0.15, 0.2) is 0 Å². The van der Waals surface area contributed by atoms with E-state index in [9.17, 15) is 0 Å². The fourth-order valence-corrected chi connectivity index (χ4v) is 2.31. The smallest absolute Gasteiger partial charge is 0.124 e. The summed E-state index contributed by atoms with van der Waals surface area (Å²) in [6, 6.07) is 8.26. The van der Waals surface area contributed by atoms with Crippen LogP contribution in [0.1, 0.15) is 25.5 Å². The van der Waals surface area contributed by atoms with Crippen molar-refractivity contribution in [3.63, 3.8) is 0 Å². The number of benzene rings is 1. The molecule has 0 saturated heterocycles. The lowest BCUT2D eigenvalue weighted by atomic mass is 9.98. The molecule has 0 aromatic heterocycles. The van der Waals surface area contributed by atoms with E-state index in [0.29, 0.717) is 19.8 Å². The molecule has 0 amide bonds. The lowest BCUT2D eigenvalue weighted by molar-refractivity contribution is -0.0474. The molecule has 1 aliphatic rings. The Labute approximate surface area is 115 Å². The number of rotatable bonds is 6. The van der Waals surface area contributed by atoms with E-state index in [1.807, 2.05) is 39.1 Å². The zero-order valence-electron chi connectivity index (χ0n) is 11.9. The largest absolute Gasteiger partial charge is 0.490 e. The van der Waals surface area contributed by atoms with Gasteiger partial charge in [-0.1, -0.05) is 18.2 Å². The van der Waals surface area contributed by atoms with Crippen molar-refractivity contribution in [1.82, 2.24) is 5.32 Å². The molecular weight excluding hydrogens is 242 g/mol. The monoisotopic (exact) mass is 265 g/mol. The molecular formula is C15H23NO3. The van der Waals surface area contributed by atoms with Crippen LogP contribution in [0.15, 0.2) is 24.3 Å². The van der Waals surface area contributed by atoms with E-state index in [1.165, 1.54) is 0 Å². The second kappa shape index (κ2) is 6.89. The van der Waals surface area contributed by atoms with Crippen molar-refractivity contribution in [3.05, 3.63) is 29.8 Å². The molecule has 4 heteroatoms. The molecule has 1 aromatic carbocycles. The predicted octanol–water partition coefficient (Wildman–Crippen LogP) is 2.15. The fourth-order valence-electron chi connectivity index (χ4n) is 2.31. The van der Waals surface area contributed by atoms with E-state index in [2.05, 4.69) is 11.4 Å². The first-order valence-electron chi connectivity index (χ1n) is 6.84. The number of ether oxygens (including phenoxy) is 3. The zero-order chi connectivity index (χ0) is 13.7. The molecule has 4 nitrogen and oxygen atoms in total. The van der Waals surface area contributed by atoms with Crippen molar-refractivity contribution >= 4 is 0 Å². The Hall–Kier alpha value is -1.10. The first kappa shape index (κ1) is 14.3. The lowest BCUT2D eigenvalue weighted by Crippen LogP contribution is -2.40. The number of hydrogen-bond acceptors (Lipinski definition) is 4. The van der Waals surface area contributed by atoms with Crippen LogP contribution in [-0.4, -0.2) is 39.1 Å². The molecule has 2 unspecified atom stereocenters. The molecule has 1 heterocycles. The van der Waals surface area contributed by atoms with E-state index >= 15 is 0 Å². The van der Waals surface area contributed by atoms with Gasteiger partial charge in [-0.25, -0.2) is 0 Å². The van der Waals surface area contributed by atoms with Crippen LogP contribution < -0.4 is 10.1 Å². The first-order valence-corrected chi connectivity index (χ1v) is 6.84. The van der Waals surface area contributed by atoms with Crippen molar-refractivity contribution in [2.75, 3.05) is 26.9 Å². The topological polar surface area (TPSA) is 39.7 Å². The van der Waals surface area contributed by atoms with Crippen LogP contribution in [0, 0.1) is 0 Å². The molecule has 1 aliphatic heterocycles. The number of para-hydroxylation sites is 1. The third-order valence-electron chi connectivity index (χ3n) is 3.21. The van der Waals surface area contributed by atoms with Gasteiger partial charge >= 0.3 is 0 Å². The summed E-state index contributed by atoms with van der Waals surface area (Å²) in [4.78, 5) is 0. The van der Waals surface area contributed by atoms with Crippen LogP contribution in [0.3, 0.4) is 0 Å². The van der Waals surface area contributed by atoms with Gasteiger partial charge in [0.1, 0.15) is 18.5 Å². The maximum absolute atomic E-state index is 5.88. The minimum Gasteiger partial charge on any atom is -0.490 e. The lowest BCUT2D eigenvalue weighted by Gasteiger charge is -2.33. The van der Waals surface area contributed by atoms with Gasteiger partial charge in [0.2, 0.25) is 0 Å². The summed E-state index contributed by atoms with van der Waals surface area (Å²) < 4.78 is 17.1. The molecule has 0 bridgehead atoms. The Morgan fingerprint density at radius 2 is 2.11 bits per heavy atom. The molecule has 2 rings (SSSR count). The van der Waals surface area contributed by atoms with Gasteiger partial charge in [-0.05, 0) is 27.0 Å². The van der Waals surface area contributed by atoms with Crippen LogP contribution >= 0.6 is 0 Å². The van der Waals surface area contributed by atoms with E-state index in [0.717, 1.165) is 11.3 Å².